The molecule has 0 aromatic heterocycles. The van der Waals surface area contributed by atoms with E-state index in [4.69, 9.17) is 4.74 Å². The van der Waals surface area contributed by atoms with Crippen LogP contribution in [0.25, 0.3) is 0 Å². The molecule has 1 aromatic carbocycles. The maximum absolute atomic E-state index is 12.9. The summed E-state index contributed by atoms with van der Waals surface area (Å²) in [5, 5.41) is 26.2. The molecule has 8 nitrogen and oxygen atoms in total. The third-order valence-corrected chi connectivity index (χ3v) is 4.93. The third-order valence-electron chi connectivity index (χ3n) is 4.93. The number of allylic oxidation sites excluding steroid dienone is 1. The molecule has 0 fully saturated rings. The van der Waals surface area contributed by atoms with Crippen LogP contribution in [0.2, 0.25) is 0 Å². The van der Waals surface area contributed by atoms with Crippen molar-refractivity contribution in [2.24, 2.45) is 0 Å². The van der Waals surface area contributed by atoms with Crippen LogP contribution in [0.3, 0.4) is 0 Å². The minimum atomic E-state index is -0.637. The second-order valence-electron chi connectivity index (χ2n) is 6.65. The maximum Gasteiger partial charge on any atom is 0.412 e. The number of ether oxygens (including phenoxy) is 1. The standard InChI is InChI=1S/C19H27N3O5/c1-3-22(26,4-2)17-8-6-5-7-9-18(14-17)27-19(23)20-15-10-12-16(13-11-15)21(24)25/h10-14,18H,3-9H2,1-2H3,(H,20,23)/b17-14+. The highest BCUT2D eigenvalue weighted by Crippen LogP contribution is 2.27. The summed E-state index contributed by atoms with van der Waals surface area (Å²) in [5.41, 5.74) is 1.13. The number of carbonyl (C=O) groups excluding carboxylic acids is 1. The second-order valence-corrected chi connectivity index (χ2v) is 6.65. The van der Waals surface area contributed by atoms with Gasteiger partial charge in [0.2, 0.25) is 0 Å². The summed E-state index contributed by atoms with van der Waals surface area (Å²) in [6.07, 6.45) is 5.00. The monoisotopic (exact) mass is 377 g/mol. The molecule has 1 unspecified atom stereocenters. The van der Waals surface area contributed by atoms with Crippen LogP contribution >= 0.6 is 0 Å². The van der Waals surface area contributed by atoms with Crippen molar-refractivity contribution >= 4 is 17.5 Å². The molecular formula is C19H27N3O5. The molecule has 0 saturated heterocycles. The fraction of sp³-hybridized carbons (Fsp3) is 0.526. The lowest BCUT2D eigenvalue weighted by Crippen LogP contribution is -2.41. The summed E-state index contributed by atoms with van der Waals surface area (Å²) in [4.78, 5) is 22.4. The SMILES string of the molecule is CC[N+]([O-])(CC)/C1=C/C(OC(=O)Nc2ccc([N+](=O)[O-])cc2)CCCCC1. The third kappa shape index (κ3) is 5.77. The van der Waals surface area contributed by atoms with Gasteiger partial charge in [-0.05, 0) is 45.2 Å². The molecule has 27 heavy (non-hydrogen) atoms. The van der Waals surface area contributed by atoms with Gasteiger partial charge < -0.3 is 14.6 Å². The number of hydroxylamine groups is 3. The van der Waals surface area contributed by atoms with Crippen molar-refractivity contribution in [3.63, 3.8) is 0 Å². The summed E-state index contributed by atoms with van der Waals surface area (Å²) in [6, 6.07) is 5.53. The number of quaternary nitrogens is 1. The number of nitro groups is 1. The summed E-state index contributed by atoms with van der Waals surface area (Å²) in [5.74, 6) is 0. The minimum Gasteiger partial charge on any atom is -0.628 e. The van der Waals surface area contributed by atoms with Crippen molar-refractivity contribution in [1.82, 2.24) is 0 Å². The fourth-order valence-corrected chi connectivity index (χ4v) is 3.22. The molecule has 1 aliphatic rings. The average molecular weight is 377 g/mol. The van der Waals surface area contributed by atoms with Crippen LogP contribution in [0.5, 0.6) is 0 Å². The van der Waals surface area contributed by atoms with Crippen LogP contribution in [-0.4, -0.2) is 34.9 Å². The zero-order valence-electron chi connectivity index (χ0n) is 15.8. The van der Waals surface area contributed by atoms with Gasteiger partial charge in [-0.15, -0.1) is 0 Å². The van der Waals surface area contributed by atoms with E-state index in [2.05, 4.69) is 5.32 Å². The molecule has 1 amide bonds. The Morgan fingerprint density at radius 2 is 1.89 bits per heavy atom. The molecule has 0 bridgehead atoms. The molecule has 1 aliphatic carbocycles. The lowest BCUT2D eigenvalue weighted by Gasteiger charge is -2.43. The number of hydrogen-bond donors (Lipinski definition) is 1. The summed E-state index contributed by atoms with van der Waals surface area (Å²) < 4.78 is 5.13. The van der Waals surface area contributed by atoms with E-state index in [1.54, 1.807) is 0 Å². The first kappa shape index (κ1) is 20.9. The molecule has 148 valence electrons. The van der Waals surface area contributed by atoms with E-state index in [-0.39, 0.29) is 10.3 Å². The molecule has 0 aliphatic heterocycles. The number of nitrogens with one attached hydrogen (secondary N) is 1. The van der Waals surface area contributed by atoms with Crippen molar-refractivity contribution in [3.05, 3.63) is 51.4 Å². The van der Waals surface area contributed by atoms with Gasteiger partial charge in [0.15, 0.2) is 0 Å². The Bertz CT molecular complexity index is 683. The number of hydrogen-bond acceptors (Lipinski definition) is 5. The number of carbonyl (C=O) groups is 1. The summed E-state index contributed by atoms with van der Waals surface area (Å²) in [6.45, 7) is 4.63. The van der Waals surface area contributed by atoms with Crippen LogP contribution in [0, 0.1) is 15.3 Å². The average Bonchev–Trinajstić information content (AvgIpc) is 2.63. The van der Waals surface area contributed by atoms with E-state index in [0.29, 0.717) is 25.2 Å². The van der Waals surface area contributed by atoms with Crippen molar-refractivity contribution in [2.75, 3.05) is 18.4 Å². The molecule has 0 radical (unpaired) electrons. The van der Waals surface area contributed by atoms with E-state index in [1.165, 1.54) is 24.3 Å². The van der Waals surface area contributed by atoms with Gasteiger partial charge >= 0.3 is 6.09 Å². The predicted molar refractivity (Wildman–Crippen MR) is 103 cm³/mol. The highest BCUT2D eigenvalue weighted by atomic mass is 16.6. The number of rotatable bonds is 6. The number of benzene rings is 1. The normalized spacial score (nSPS) is 20.0. The maximum atomic E-state index is 12.9. The van der Waals surface area contributed by atoms with Gasteiger partial charge in [0.1, 0.15) is 11.8 Å². The second kappa shape index (κ2) is 9.48. The molecule has 1 N–H and O–H groups in total. The van der Waals surface area contributed by atoms with Gasteiger partial charge in [-0.2, -0.15) is 0 Å². The van der Waals surface area contributed by atoms with Crippen LogP contribution < -0.4 is 5.32 Å². The quantitative estimate of drug-likeness (QED) is 0.439. The Morgan fingerprint density at radius 1 is 1.22 bits per heavy atom. The Labute approximate surface area is 159 Å². The largest absolute Gasteiger partial charge is 0.628 e. The Morgan fingerprint density at radius 3 is 2.48 bits per heavy atom. The molecule has 8 heteroatoms. The van der Waals surface area contributed by atoms with E-state index in [9.17, 15) is 20.1 Å². The van der Waals surface area contributed by atoms with E-state index in [0.717, 1.165) is 31.4 Å². The van der Waals surface area contributed by atoms with Crippen LogP contribution in [-0.2, 0) is 4.74 Å². The molecule has 0 saturated carbocycles. The van der Waals surface area contributed by atoms with Gasteiger partial charge in [0, 0.05) is 30.3 Å². The summed E-state index contributed by atoms with van der Waals surface area (Å²) in [7, 11) is 0. The van der Waals surface area contributed by atoms with Crippen molar-refractivity contribution in [2.45, 2.75) is 52.1 Å². The molecule has 2 rings (SSSR count). The Balaban J connectivity index is 2.07. The molecule has 1 aromatic rings. The van der Waals surface area contributed by atoms with Crippen LogP contribution in [0.1, 0.15) is 46.0 Å². The molecule has 0 heterocycles. The fourth-order valence-electron chi connectivity index (χ4n) is 3.22. The lowest BCUT2D eigenvalue weighted by molar-refractivity contribution is -0.840. The first-order valence-electron chi connectivity index (χ1n) is 9.39. The van der Waals surface area contributed by atoms with E-state index < -0.39 is 17.1 Å². The number of anilines is 1. The van der Waals surface area contributed by atoms with Gasteiger partial charge in [-0.25, -0.2) is 4.79 Å². The highest BCUT2D eigenvalue weighted by molar-refractivity contribution is 5.84. The van der Waals surface area contributed by atoms with Crippen molar-refractivity contribution in [1.29, 1.82) is 0 Å². The number of non-ortho nitro benzene ring substituents is 1. The highest BCUT2D eigenvalue weighted by Gasteiger charge is 2.24. The van der Waals surface area contributed by atoms with Crippen molar-refractivity contribution < 1.29 is 19.1 Å². The molecular weight excluding hydrogens is 350 g/mol. The van der Waals surface area contributed by atoms with Gasteiger partial charge in [-0.1, -0.05) is 6.42 Å². The zero-order chi connectivity index (χ0) is 19.9. The van der Waals surface area contributed by atoms with Crippen LogP contribution in [0.15, 0.2) is 36.0 Å². The van der Waals surface area contributed by atoms with Gasteiger partial charge in [0.05, 0.1) is 18.0 Å². The lowest BCUT2D eigenvalue weighted by atomic mass is 10.0. The molecule has 0 spiro atoms. The predicted octanol–water partition coefficient (Wildman–Crippen LogP) is 4.71. The molecule has 1 atom stereocenters. The number of amides is 1. The summed E-state index contributed by atoms with van der Waals surface area (Å²) >= 11 is 0. The van der Waals surface area contributed by atoms with E-state index in [1.807, 2.05) is 19.9 Å². The van der Waals surface area contributed by atoms with Gasteiger partial charge in [-0.3, -0.25) is 15.4 Å². The van der Waals surface area contributed by atoms with E-state index >= 15 is 0 Å². The number of nitro benzene ring substituents is 1. The first-order chi connectivity index (χ1) is 12.9. The minimum absolute atomic E-state index is 0.0507. The smallest absolute Gasteiger partial charge is 0.412 e. The zero-order valence-corrected chi connectivity index (χ0v) is 15.8. The first-order valence-corrected chi connectivity index (χ1v) is 9.39. The van der Waals surface area contributed by atoms with Gasteiger partial charge in [0.25, 0.3) is 5.69 Å². The Kier molecular flexibility index (Phi) is 7.32. The topological polar surface area (TPSA) is 105 Å². The van der Waals surface area contributed by atoms with Crippen LogP contribution in [0.4, 0.5) is 16.2 Å². The van der Waals surface area contributed by atoms with Crippen molar-refractivity contribution in [3.8, 4) is 0 Å². The number of nitrogens with zero attached hydrogens (tertiary/aromatic N) is 2. The Hall–Kier alpha value is -2.45.